The second-order valence-corrected chi connectivity index (χ2v) is 5.79. The predicted octanol–water partition coefficient (Wildman–Crippen LogP) is 3.04. The van der Waals surface area contributed by atoms with Crippen molar-refractivity contribution in [2.45, 2.75) is 39.2 Å². The number of rotatable bonds is 6. The Labute approximate surface area is 119 Å². The van der Waals surface area contributed by atoms with Crippen molar-refractivity contribution in [3.05, 3.63) is 35.4 Å². The summed E-state index contributed by atoms with van der Waals surface area (Å²) in [6.45, 7) is 5.08. The third-order valence-electron chi connectivity index (χ3n) is 3.57. The van der Waals surface area contributed by atoms with Gasteiger partial charge in [0.1, 0.15) is 0 Å². The molecular formula is C16H21NO3. The van der Waals surface area contributed by atoms with Gasteiger partial charge < -0.3 is 10.0 Å². The lowest BCUT2D eigenvalue weighted by Crippen LogP contribution is -2.34. The highest BCUT2D eigenvalue weighted by atomic mass is 16.4. The summed E-state index contributed by atoms with van der Waals surface area (Å²) in [6.07, 6.45) is 3.16. The van der Waals surface area contributed by atoms with Crippen molar-refractivity contribution < 1.29 is 14.7 Å². The van der Waals surface area contributed by atoms with E-state index in [1.165, 1.54) is 12.1 Å². The fraction of sp³-hybridized carbons (Fsp3) is 0.500. The Bertz CT molecular complexity index is 489. The van der Waals surface area contributed by atoms with Crippen LogP contribution in [0.25, 0.3) is 0 Å². The topological polar surface area (TPSA) is 57.6 Å². The number of hydrogen-bond donors (Lipinski definition) is 1. The molecule has 0 unspecified atom stereocenters. The zero-order valence-corrected chi connectivity index (χ0v) is 12.0. The van der Waals surface area contributed by atoms with Crippen molar-refractivity contribution in [3.8, 4) is 0 Å². The summed E-state index contributed by atoms with van der Waals surface area (Å²) in [7, 11) is 0. The predicted molar refractivity (Wildman–Crippen MR) is 76.9 cm³/mol. The first kappa shape index (κ1) is 14.6. The maximum Gasteiger partial charge on any atom is 0.335 e. The van der Waals surface area contributed by atoms with Crippen LogP contribution in [-0.2, 0) is 0 Å². The summed E-state index contributed by atoms with van der Waals surface area (Å²) in [6, 6.07) is 6.57. The molecule has 1 saturated carbocycles. The third-order valence-corrected chi connectivity index (χ3v) is 3.57. The highest BCUT2D eigenvalue weighted by molar-refractivity contribution is 5.96. The van der Waals surface area contributed by atoms with E-state index in [-0.39, 0.29) is 11.5 Å². The monoisotopic (exact) mass is 275 g/mol. The smallest absolute Gasteiger partial charge is 0.335 e. The maximum atomic E-state index is 12.5. The minimum Gasteiger partial charge on any atom is -0.478 e. The molecule has 0 bridgehead atoms. The number of benzene rings is 1. The number of aromatic carboxylic acids is 1. The van der Waals surface area contributed by atoms with Crippen molar-refractivity contribution >= 4 is 11.9 Å². The van der Waals surface area contributed by atoms with Crippen LogP contribution in [0, 0.1) is 5.92 Å². The lowest BCUT2D eigenvalue weighted by atomic mass is 10.1. The van der Waals surface area contributed by atoms with Gasteiger partial charge in [0.05, 0.1) is 5.56 Å². The average molecular weight is 275 g/mol. The molecule has 1 aliphatic carbocycles. The maximum absolute atomic E-state index is 12.5. The van der Waals surface area contributed by atoms with Crippen LogP contribution in [-0.4, -0.2) is 34.5 Å². The molecule has 1 amide bonds. The highest BCUT2D eigenvalue weighted by Crippen LogP contribution is 2.29. The van der Waals surface area contributed by atoms with E-state index in [2.05, 4.69) is 13.8 Å². The van der Waals surface area contributed by atoms with Crippen LogP contribution in [0.1, 0.15) is 53.8 Å². The first-order valence-electron chi connectivity index (χ1n) is 7.13. The molecule has 4 nitrogen and oxygen atoms in total. The van der Waals surface area contributed by atoms with Gasteiger partial charge >= 0.3 is 5.97 Å². The van der Waals surface area contributed by atoms with E-state index in [0.717, 1.165) is 25.8 Å². The number of amides is 1. The minimum absolute atomic E-state index is 0.0186. The van der Waals surface area contributed by atoms with Crippen molar-refractivity contribution in [1.29, 1.82) is 0 Å². The number of hydrogen-bond acceptors (Lipinski definition) is 2. The minimum atomic E-state index is -0.970. The molecule has 4 heteroatoms. The molecule has 0 radical (unpaired) electrons. The number of nitrogens with zero attached hydrogens (tertiary/aromatic N) is 1. The number of carboxylic acid groups (broad SMARTS) is 1. The van der Waals surface area contributed by atoms with Crippen LogP contribution >= 0.6 is 0 Å². The van der Waals surface area contributed by atoms with E-state index >= 15 is 0 Å². The van der Waals surface area contributed by atoms with Gasteiger partial charge in [0, 0.05) is 18.2 Å². The molecule has 1 aromatic rings. The Balaban J connectivity index is 2.08. The van der Waals surface area contributed by atoms with Gasteiger partial charge in [-0.25, -0.2) is 4.79 Å². The SMILES string of the molecule is CC(C)CCN(C(=O)c1ccc(C(=O)O)cc1)C1CC1. The quantitative estimate of drug-likeness (QED) is 0.868. The fourth-order valence-corrected chi connectivity index (χ4v) is 2.15. The van der Waals surface area contributed by atoms with Crippen molar-refractivity contribution in [1.82, 2.24) is 4.90 Å². The van der Waals surface area contributed by atoms with Gasteiger partial charge in [-0.3, -0.25) is 4.79 Å². The van der Waals surface area contributed by atoms with Gasteiger partial charge in [0.15, 0.2) is 0 Å². The summed E-state index contributed by atoms with van der Waals surface area (Å²) in [4.78, 5) is 25.3. The Kier molecular flexibility index (Phi) is 4.42. The number of carbonyl (C=O) groups excluding carboxylic acids is 1. The van der Waals surface area contributed by atoms with Crippen LogP contribution in [0.4, 0.5) is 0 Å². The Hall–Kier alpha value is -1.84. The van der Waals surface area contributed by atoms with Gasteiger partial charge in [-0.2, -0.15) is 0 Å². The van der Waals surface area contributed by atoms with Crippen molar-refractivity contribution in [2.24, 2.45) is 5.92 Å². The highest BCUT2D eigenvalue weighted by Gasteiger charge is 2.32. The molecule has 2 rings (SSSR count). The molecule has 20 heavy (non-hydrogen) atoms. The molecule has 1 fully saturated rings. The number of carboxylic acids is 1. The van der Waals surface area contributed by atoms with E-state index in [9.17, 15) is 9.59 Å². The average Bonchev–Trinajstić information content (AvgIpc) is 3.23. The zero-order valence-electron chi connectivity index (χ0n) is 12.0. The van der Waals surface area contributed by atoms with E-state index in [0.29, 0.717) is 17.5 Å². The van der Waals surface area contributed by atoms with Gasteiger partial charge in [-0.15, -0.1) is 0 Å². The molecule has 108 valence electrons. The van der Waals surface area contributed by atoms with Crippen LogP contribution in [0.15, 0.2) is 24.3 Å². The second kappa shape index (κ2) is 6.07. The first-order valence-corrected chi connectivity index (χ1v) is 7.13. The summed E-state index contributed by atoms with van der Waals surface area (Å²) >= 11 is 0. The molecule has 0 atom stereocenters. The molecule has 0 saturated heterocycles. The Morgan fingerprint density at radius 3 is 2.20 bits per heavy atom. The van der Waals surface area contributed by atoms with Crippen LogP contribution in [0.5, 0.6) is 0 Å². The van der Waals surface area contributed by atoms with E-state index in [1.807, 2.05) is 4.90 Å². The zero-order chi connectivity index (χ0) is 14.7. The van der Waals surface area contributed by atoms with Gasteiger partial charge in [-0.05, 0) is 49.4 Å². The molecule has 1 aromatic carbocycles. The Morgan fingerprint density at radius 1 is 1.20 bits per heavy atom. The molecule has 0 aliphatic heterocycles. The van der Waals surface area contributed by atoms with E-state index in [1.54, 1.807) is 12.1 Å². The summed E-state index contributed by atoms with van der Waals surface area (Å²) < 4.78 is 0. The van der Waals surface area contributed by atoms with Gasteiger partial charge in [-0.1, -0.05) is 13.8 Å². The van der Waals surface area contributed by atoms with Crippen LogP contribution < -0.4 is 0 Å². The molecule has 0 aromatic heterocycles. The van der Waals surface area contributed by atoms with E-state index < -0.39 is 5.97 Å². The molecule has 1 N–H and O–H groups in total. The lowest BCUT2D eigenvalue weighted by Gasteiger charge is -2.23. The standard InChI is InChI=1S/C16H21NO3/c1-11(2)9-10-17(14-7-8-14)15(18)12-3-5-13(6-4-12)16(19)20/h3-6,11,14H,7-10H2,1-2H3,(H,19,20). The van der Waals surface area contributed by atoms with Crippen LogP contribution in [0.3, 0.4) is 0 Å². The molecule has 0 spiro atoms. The van der Waals surface area contributed by atoms with E-state index in [4.69, 9.17) is 5.11 Å². The van der Waals surface area contributed by atoms with Crippen molar-refractivity contribution in [3.63, 3.8) is 0 Å². The third kappa shape index (κ3) is 3.59. The second-order valence-electron chi connectivity index (χ2n) is 5.79. The summed E-state index contributed by atoms with van der Waals surface area (Å²) in [5.74, 6) is -0.383. The molecular weight excluding hydrogens is 254 g/mol. The van der Waals surface area contributed by atoms with Crippen LogP contribution in [0.2, 0.25) is 0 Å². The first-order chi connectivity index (χ1) is 9.49. The Morgan fingerprint density at radius 2 is 1.75 bits per heavy atom. The number of carbonyl (C=O) groups is 2. The normalized spacial score (nSPS) is 14.3. The summed E-state index contributed by atoms with van der Waals surface area (Å²) in [5, 5.41) is 8.87. The largest absolute Gasteiger partial charge is 0.478 e. The molecule has 1 aliphatic rings. The van der Waals surface area contributed by atoms with Gasteiger partial charge in [0.25, 0.3) is 5.91 Å². The van der Waals surface area contributed by atoms with Gasteiger partial charge in [0.2, 0.25) is 0 Å². The lowest BCUT2D eigenvalue weighted by molar-refractivity contribution is 0.0692. The fourth-order valence-electron chi connectivity index (χ4n) is 2.15. The summed E-state index contributed by atoms with van der Waals surface area (Å²) in [5.41, 5.74) is 0.785. The molecule has 0 heterocycles. The van der Waals surface area contributed by atoms with Crippen molar-refractivity contribution in [2.75, 3.05) is 6.54 Å².